The highest BCUT2D eigenvalue weighted by Gasteiger charge is 2.33. The summed E-state index contributed by atoms with van der Waals surface area (Å²) in [6.07, 6.45) is 14.8. The van der Waals surface area contributed by atoms with Gasteiger partial charge in [-0.25, -0.2) is 0 Å². The number of aryl methyl sites for hydroxylation is 1. The Morgan fingerprint density at radius 3 is 2.83 bits per heavy atom. The first-order chi connectivity index (χ1) is 14.1. The quantitative estimate of drug-likeness (QED) is 0.709. The molecule has 150 valence electrons. The number of hydrogen-bond acceptors (Lipinski definition) is 4. The summed E-state index contributed by atoms with van der Waals surface area (Å²) in [6, 6.07) is 6.29. The van der Waals surface area contributed by atoms with Gasteiger partial charge in [-0.1, -0.05) is 43.4 Å². The molecule has 1 aliphatic heterocycles. The van der Waals surface area contributed by atoms with E-state index in [0.29, 0.717) is 5.92 Å². The van der Waals surface area contributed by atoms with Gasteiger partial charge in [-0.3, -0.25) is 9.48 Å². The van der Waals surface area contributed by atoms with E-state index in [0.717, 1.165) is 41.9 Å². The molecule has 1 aromatic carbocycles. The lowest BCUT2D eigenvalue weighted by molar-refractivity contribution is -0.105. The van der Waals surface area contributed by atoms with E-state index in [-0.39, 0.29) is 6.04 Å². The Hall–Kier alpha value is -3.28. The van der Waals surface area contributed by atoms with Crippen LogP contribution in [0.5, 0.6) is 0 Å². The van der Waals surface area contributed by atoms with E-state index >= 15 is 0 Å². The monoisotopic (exact) mass is 389 g/mol. The summed E-state index contributed by atoms with van der Waals surface area (Å²) in [5, 5.41) is 10.6. The Kier molecular flexibility index (Phi) is 5.25. The summed E-state index contributed by atoms with van der Waals surface area (Å²) < 4.78 is 1.83. The van der Waals surface area contributed by atoms with Crippen LogP contribution in [0.4, 0.5) is 11.4 Å². The van der Waals surface area contributed by atoms with Crippen molar-refractivity contribution in [2.24, 2.45) is 13.0 Å². The average molecular weight is 390 g/mol. The molecule has 0 saturated heterocycles. The molecular formula is C23H27N5O. The van der Waals surface area contributed by atoms with E-state index in [2.05, 4.69) is 65.0 Å². The van der Waals surface area contributed by atoms with Gasteiger partial charge in [0, 0.05) is 49.6 Å². The summed E-state index contributed by atoms with van der Waals surface area (Å²) in [4.78, 5) is 13.4. The summed E-state index contributed by atoms with van der Waals surface area (Å²) in [5.74, 6) is 0.317. The molecule has 29 heavy (non-hydrogen) atoms. The fourth-order valence-electron chi connectivity index (χ4n) is 4.10. The number of amides is 1. The molecule has 1 amide bonds. The molecule has 6 nitrogen and oxygen atoms in total. The van der Waals surface area contributed by atoms with Crippen LogP contribution >= 0.6 is 0 Å². The average Bonchev–Trinajstić information content (AvgIpc) is 3.30. The van der Waals surface area contributed by atoms with Crippen LogP contribution in [0, 0.1) is 5.92 Å². The van der Waals surface area contributed by atoms with Crippen molar-refractivity contribution in [3.8, 4) is 0 Å². The molecule has 6 heteroatoms. The number of hydrogen-bond donors (Lipinski definition) is 2. The van der Waals surface area contributed by atoms with E-state index in [4.69, 9.17) is 0 Å². The highest BCUT2D eigenvalue weighted by atomic mass is 16.1. The number of carbonyl (C=O) groups excluding carboxylic acids is 1. The second-order valence-corrected chi connectivity index (χ2v) is 7.53. The fraction of sp³-hybridized carbons (Fsp3) is 0.304. The Labute approximate surface area is 171 Å². The number of aromatic nitrogens is 2. The first kappa shape index (κ1) is 19.1. The number of allylic oxidation sites excluding steroid dienone is 2. The molecule has 0 spiro atoms. The maximum atomic E-state index is 11.1. The van der Waals surface area contributed by atoms with Crippen LogP contribution in [0.25, 0.3) is 11.3 Å². The molecule has 2 aliphatic rings. The smallest absolute Gasteiger partial charge is 0.211 e. The van der Waals surface area contributed by atoms with Gasteiger partial charge < -0.3 is 15.5 Å². The molecule has 0 fully saturated rings. The minimum absolute atomic E-state index is 0.256. The third kappa shape index (κ3) is 3.58. The number of fused-ring (bicyclic) bond motifs is 1. The van der Waals surface area contributed by atoms with Crippen molar-refractivity contribution in [1.29, 1.82) is 0 Å². The minimum atomic E-state index is 0.256. The van der Waals surface area contributed by atoms with Crippen molar-refractivity contribution in [3.63, 3.8) is 0 Å². The highest BCUT2D eigenvalue weighted by molar-refractivity contribution is 5.90. The first-order valence-electron chi connectivity index (χ1n) is 10.0. The number of para-hydroxylation sites is 1. The molecule has 0 radical (unpaired) electrons. The molecule has 0 bridgehead atoms. The lowest BCUT2D eigenvalue weighted by atomic mass is 9.91. The Bertz CT molecular complexity index is 1000. The predicted molar refractivity (Wildman–Crippen MR) is 118 cm³/mol. The number of carbonyl (C=O) groups is 1. The van der Waals surface area contributed by atoms with Gasteiger partial charge in [0.05, 0.1) is 23.6 Å². The zero-order valence-corrected chi connectivity index (χ0v) is 17.1. The first-order valence-corrected chi connectivity index (χ1v) is 10.0. The summed E-state index contributed by atoms with van der Waals surface area (Å²) in [7, 11) is 4.07. The largest absolute Gasteiger partial charge is 0.383 e. The van der Waals surface area contributed by atoms with Crippen molar-refractivity contribution < 1.29 is 4.79 Å². The molecule has 2 unspecified atom stereocenters. The lowest BCUT2D eigenvalue weighted by Crippen LogP contribution is -2.29. The van der Waals surface area contributed by atoms with Gasteiger partial charge in [0.15, 0.2) is 0 Å². The van der Waals surface area contributed by atoms with Crippen molar-refractivity contribution in [2.75, 3.05) is 24.2 Å². The number of anilines is 2. The van der Waals surface area contributed by atoms with Crippen molar-refractivity contribution in [2.45, 2.75) is 19.4 Å². The third-order valence-electron chi connectivity index (χ3n) is 5.57. The summed E-state index contributed by atoms with van der Waals surface area (Å²) >= 11 is 0. The van der Waals surface area contributed by atoms with Crippen LogP contribution in [-0.2, 0) is 11.8 Å². The van der Waals surface area contributed by atoms with Crippen LogP contribution in [0.2, 0.25) is 0 Å². The highest BCUT2D eigenvalue weighted by Crippen LogP contribution is 2.41. The molecule has 2 N–H and O–H groups in total. The van der Waals surface area contributed by atoms with E-state index in [1.54, 1.807) is 0 Å². The van der Waals surface area contributed by atoms with Gasteiger partial charge in [0.1, 0.15) is 0 Å². The fourth-order valence-corrected chi connectivity index (χ4v) is 4.10. The summed E-state index contributed by atoms with van der Waals surface area (Å²) in [5.41, 5.74) is 6.37. The van der Waals surface area contributed by atoms with Gasteiger partial charge >= 0.3 is 0 Å². The van der Waals surface area contributed by atoms with E-state index < -0.39 is 0 Å². The molecule has 0 saturated carbocycles. The second kappa shape index (κ2) is 7.99. The zero-order valence-electron chi connectivity index (χ0n) is 17.1. The Morgan fingerprint density at radius 2 is 2.10 bits per heavy atom. The second-order valence-electron chi connectivity index (χ2n) is 7.53. The zero-order chi connectivity index (χ0) is 20.4. The van der Waals surface area contributed by atoms with Gasteiger partial charge in [-0.2, -0.15) is 5.10 Å². The van der Waals surface area contributed by atoms with Gasteiger partial charge in [0.2, 0.25) is 6.41 Å². The normalized spacial score (nSPS) is 20.2. The van der Waals surface area contributed by atoms with Crippen molar-refractivity contribution >= 4 is 29.1 Å². The molecule has 4 rings (SSSR count). The molecule has 2 heterocycles. The topological polar surface area (TPSA) is 62.2 Å². The van der Waals surface area contributed by atoms with Crippen LogP contribution in [-0.4, -0.2) is 40.7 Å². The van der Waals surface area contributed by atoms with Crippen LogP contribution in [0.1, 0.15) is 24.5 Å². The number of likely N-dealkylation sites (N-methyl/N-ethyl adjacent to an activating group) is 1. The number of nitrogens with one attached hydrogen (secondary N) is 2. The van der Waals surface area contributed by atoms with Crippen LogP contribution < -0.4 is 10.6 Å². The predicted octanol–water partition coefficient (Wildman–Crippen LogP) is 3.73. The number of rotatable bonds is 7. The molecule has 2 aromatic rings. The lowest BCUT2D eigenvalue weighted by Gasteiger charge is -2.29. The summed E-state index contributed by atoms with van der Waals surface area (Å²) in [6.45, 7) is 2.98. The molecular weight excluding hydrogens is 362 g/mol. The van der Waals surface area contributed by atoms with Crippen molar-refractivity contribution in [1.82, 2.24) is 14.7 Å². The van der Waals surface area contributed by atoms with Crippen LogP contribution in [0.3, 0.4) is 0 Å². The van der Waals surface area contributed by atoms with E-state index in [9.17, 15) is 4.79 Å². The molecule has 2 atom stereocenters. The number of benzene rings is 1. The molecule has 1 aromatic heterocycles. The van der Waals surface area contributed by atoms with E-state index in [1.165, 1.54) is 11.3 Å². The van der Waals surface area contributed by atoms with Gasteiger partial charge in [0.25, 0.3) is 0 Å². The minimum Gasteiger partial charge on any atom is -0.383 e. The molecule has 1 aliphatic carbocycles. The van der Waals surface area contributed by atoms with Gasteiger partial charge in [-0.15, -0.1) is 0 Å². The number of nitrogens with zero attached hydrogens (tertiary/aromatic N) is 3. The van der Waals surface area contributed by atoms with Crippen molar-refractivity contribution in [3.05, 3.63) is 66.0 Å². The van der Waals surface area contributed by atoms with E-state index in [1.807, 2.05) is 36.3 Å². The third-order valence-corrected chi connectivity index (χ3v) is 5.57. The Morgan fingerprint density at radius 1 is 1.24 bits per heavy atom. The maximum Gasteiger partial charge on any atom is 0.211 e. The standard InChI is InChI=1S/C23H27N5O/c1-4-10-24-23-19(6-5-7-20(23)25-15-29)22-12-17-9-8-16(11-21(17)28(22)3)18-13-26-27(2)14-18/h5-9,11-15,17,21,24H,4,10H2,1-3H3,(H,25,29). The Balaban J connectivity index is 1.68. The SMILES string of the molecule is CCCNc1c(NC=O)cccc1C1=CC2C=CC(c3cnn(C)c3)=CC2N1C. The maximum absolute atomic E-state index is 11.1. The van der Waals surface area contributed by atoms with Gasteiger partial charge in [-0.05, 0) is 18.1 Å². The van der Waals surface area contributed by atoms with Crippen LogP contribution in [0.15, 0.2) is 54.9 Å².